The van der Waals surface area contributed by atoms with Gasteiger partial charge >= 0.3 is 12.1 Å². The maximum Gasteiger partial charge on any atom is 0.410 e. The van der Waals surface area contributed by atoms with E-state index in [0.717, 1.165) is 5.69 Å². The van der Waals surface area contributed by atoms with Crippen LogP contribution in [0.5, 0.6) is 0 Å². The number of likely N-dealkylation sites (tertiary alicyclic amines) is 1. The molecular weight excluding hydrogens is 320 g/mol. The Morgan fingerprint density at radius 3 is 2.57 bits per heavy atom. The summed E-state index contributed by atoms with van der Waals surface area (Å²) < 4.78 is 5.30. The van der Waals surface area contributed by atoms with E-state index in [4.69, 9.17) is 21.4 Å². The summed E-state index contributed by atoms with van der Waals surface area (Å²) in [4.78, 5) is 24.7. The molecule has 0 atom stereocenters. The van der Waals surface area contributed by atoms with Crippen molar-refractivity contribution in [1.29, 1.82) is 0 Å². The van der Waals surface area contributed by atoms with Gasteiger partial charge in [-0.15, -0.1) is 0 Å². The maximum absolute atomic E-state index is 12.0. The average Bonchev–Trinajstić information content (AvgIpc) is 2.32. The number of nitrogens with zero attached hydrogens (tertiary/aromatic N) is 1. The summed E-state index contributed by atoms with van der Waals surface area (Å²) in [5.41, 5.74) is -0.571. The van der Waals surface area contributed by atoms with Gasteiger partial charge in [0.15, 0.2) is 0 Å². The number of halogens is 1. The number of carboxylic acid groups (broad SMARTS) is 1. The summed E-state index contributed by atoms with van der Waals surface area (Å²) in [6.07, 6.45) is -0.537. The zero-order chi connectivity index (χ0) is 17.3. The molecule has 1 aromatic carbocycles. The Bertz CT molecular complexity index is 606. The minimum absolute atomic E-state index is 0.0984. The summed E-state index contributed by atoms with van der Waals surface area (Å²) >= 11 is 5.95. The van der Waals surface area contributed by atoms with E-state index >= 15 is 0 Å². The topological polar surface area (TPSA) is 78.9 Å². The monoisotopic (exact) mass is 340 g/mol. The van der Waals surface area contributed by atoms with Gasteiger partial charge in [-0.2, -0.15) is 0 Å². The number of ether oxygens (including phenoxy) is 1. The molecule has 0 aromatic heterocycles. The van der Waals surface area contributed by atoms with Gasteiger partial charge in [-0.1, -0.05) is 17.7 Å². The second-order valence-electron chi connectivity index (χ2n) is 6.82. The first-order chi connectivity index (χ1) is 10.6. The van der Waals surface area contributed by atoms with Crippen LogP contribution in [0.15, 0.2) is 24.3 Å². The van der Waals surface area contributed by atoms with E-state index < -0.39 is 23.2 Å². The van der Waals surface area contributed by atoms with Crippen molar-refractivity contribution in [1.82, 2.24) is 4.90 Å². The summed E-state index contributed by atoms with van der Waals surface area (Å²) in [6.45, 7) is 5.90. The molecule has 0 spiro atoms. The van der Waals surface area contributed by atoms with Crippen LogP contribution in [-0.2, 0) is 9.53 Å². The summed E-state index contributed by atoms with van der Waals surface area (Å²) in [5, 5.41) is 12.9. The third kappa shape index (κ3) is 4.76. The van der Waals surface area contributed by atoms with Crippen molar-refractivity contribution in [2.45, 2.75) is 38.3 Å². The molecule has 0 saturated carbocycles. The zero-order valence-corrected chi connectivity index (χ0v) is 14.2. The molecule has 0 aliphatic carbocycles. The van der Waals surface area contributed by atoms with Gasteiger partial charge in [-0.05, 0) is 39.0 Å². The van der Waals surface area contributed by atoms with E-state index in [1.807, 2.05) is 6.07 Å². The number of anilines is 1. The number of benzene rings is 1. The fraction of sp³-hybridized carbons (Fsp3) is 0.500. The normalized spacial score (nSPS) is 16.4. The van der Waals surface area contributed by atoms with Crippen molar-refractivity contribution >= 4 is 29.4 Å². The van der Waals surface area contributed by atoms with Gasteiger partial charge in [-0.3, -0.25) is 4.79 Å². The van der Waals surface area contributed by atoms with Crippen LogP contribution in [0.1, 0.15) is 27.2 Å². The first kappa shape index (κ1) is 17.4. The molecule has 1 aromatic rings. The van der Waals surface area contributed by atoms with E-state index in [-0.39, 0.29) is 19.5 Å². The standard InChI is InChI=1S/C16H21ClN2O4/c1-15(2,3)23-14(22)19-9-16(10-19,8-13(20)21)18-12-6-4-5-11(17)7-12/h4-7,18H,8-10H2,1-3H3,(H,20,21). The van der Waals surface area contributed by atoms with Gasteiger partial charge in [0, 0.05) is 23.8 Å². The van der Waals surface area contributed by atoms with Gasteiger partial charge in [0.05, 0.1) is 12.0 Å². The first-order valence-corrected chi connectivity index (χ1v) is 7.70. The Morgan fingerprint density at radius 2 is 2.04 bits per heavy atom. The Labute approximate surface area is 140 Å². The lowest BCUT2D eigenvalue weighted by Crippen LogP contribution is -2.68. The lowest BCUT2D eigenvalue weighted by Gasteiger charge is -2.50. The molecule has 23 heavy (non-hydrogen) atoms. The van der Waals surface area contributed by atoms with Crippen molar-refractivity contribution in [3.8, 4) is 0 Å². The van der Waals surface area contributed by atoms with E-state index in [1.165, 1.54) is 4.90 Å². The molecule has 1 heterocycles. The minimum Gasteiger partial charge on any atom is -0.481 e. The van der Waals surface area contributed by atoms with Crippen LogP contribution >= 0.6 is 11.6 Å². The van der Waals surface area contributed by atoms with Gasteiger partial charge in [0.25, 0.3) is 0 Å². The van der Waals surface area contributed by atoms with E-state index in [0.29, 0.717) is 5.02 Å². The van der Waals surface area contributed by atoms with E-state index in [2.05, 4.69) is 5.32 Å². The molecule has 1 amide bonds. The van der Waals surface area contributed by atoms with Crippen molar-refractivity contribution in [2.24, 2.45) is 0 Å². The van der Waals surface area contributed by atoms with Gasteiger partial charge in [0.1, 0.15) is 5.60 Å². The predicted molar refractivity (Wildman–Crippen MR) is 87.9 cm³/mol. The van der Waals surface area contributed by atoms with Crippen molar-refractivity contribution in [3.05, 3.63) is 29.3 Å². The van der Waals surface area contributed by atoms with E-state index in [9.17, 15) is 9.59 Å². The number of amides is 1. The Morgan fingerprint density at radius 1 is 1.39 bits per heavy atom. The van der Waals surface area contributed by atoms with Crippen molar-refractivity contribution in [3.63, 3.8) is 0 Å². The summed E-state index contributed by atoms with van der Waals surface area (Å²) in [6, 6.07) is 7.06. The fourth-order valence-electron chi connectivity index (χ4n) is 2.54. The maximum atomic E-state index is 12.0. The molecule has 126 valence electrons. The third-order valence-electron chi connectivity index (χ3n) is 3.36. The van der Waals surface area contributed by atoms with Crippen molar-refractivity contribution in [2.75, 3.05) is 18.4 Å². The molecule has 0 bridgehead atoms. The average molecular weight is 341 g/mol. The smallest absolute Gasteiger partial charge is 0.410 e. The van der Waals surface area contributed by atoms with Gasteiger partial charge in [0.2, 0.25) is 0 Å². The number of aliphatic carboxylic acids is 1. The zero-order valence-electron chi connectivity index (χ0n) is 13.4. The third-order valence-corrected chi connectivity index (χ3v) is 3.60. The second kappa shape index (κ2) is 6.28. The van der Waals surface area contributed by atoms with Crippen LogP contribution in [0.3, 0.4) is 0 Å². The number of hydrogen-bond donors (Lipinski definition) is 2. The molecule has 2 rings (SSSR count). The van der Waals surface area contributed by atoms with E-state index in [1.54, 1.807) is 39.0 Å². The molecule has 1 saturated heterocycles. The quantitative estimate of drug-likeness (QED) is 0.879. The van der Waals surface area contributed by atoms with Crippen LogP contribution < -0.4 is 5.32 Å². The molecular formula is C16H21ClN2O4. The predicted octanol–water partition coefficient (Wildman–Crippen LogP) is 3.22. The minimum atomic E-state index is -0.927. The lowest BCUT2D eigenvalue weighted by atomic mass is 9.86. The highest BCUT2D eigenvalue weighted by Gasteiger charge is 2.48. The van der Waals surface area contributed by atoms with Gasteiger partial charge < -0.3 is 20.1 Å². The number of carbonyl (C=O) groups excluding carboxylic acids is 1. The highest BCUT2D eigenvalue weighted by atomic mass is 35.5. The van der Waals surface area contributed by atoms with Crippen LogP contribution in [0.25, 0.3) is 0 Å². The summed E-state index contributed by atoms with van der Waals surface area (Å²) in [5.74, 6) is -0.927. The molecule has 0 unspecified atom stereocenters. The molecule has 1 aliphatic heterocycles. The molecule has 0 radical (unpaired) electrons. The van der Waals surface area contributed by atoms with Gasteiger partial charge in [-0.25, -0.2) is 4.79 Å². The highest BCUT2D eigenvalue weighted by molar-refractivity contribution is 6.30. The Balaban J connectivity index is 2.06. The second-order valence-corrected chi connectivity index (χ2v) is 7.26. The number of carbonyl (C=O) groups is 2. The number of carboxylic acids is 1. The Hall–Kier alpha value is -1.95. The molecule has 1 fully saturated rings. The highest BCUT2D eigenvalue weighted by Crippen LogP contribution is 2.31. The molecule has 2 N–H and O–H groups in total. The van der Waals surface area contributed by atoms with Crippen LogP contribution in [-0.4, -0.2) is 46.3 Å². The number of nitrogens with one attached hydrogen (secondary N) is 1. The van der Waals surface area contributed by atoms with Crippen LogP contribution in [0, 0.1) is 0 Å². The molecule has 6 nitrogen and oxygen atoms in total. The first-order valence-electron chi connectivity index (χ1n) is 7.32. The van der Waals surface area contributed by atoms with Crippen LogP contribution in [0.4, 0.5) is 10.5 Å². The molecule has 1 aliphatic rings. The molecule has 7 heteroatoms. The van der Waals surface area contributed by atoms with Crippen molar-refractivity contribution < 1.29 is 19.4 Å². The fourth-order valence-corrected chi connectivity index (χ4v) is 2.73. The lowest BCUT2D eigenvalue weighted by molar-refractivity contribution is -0.139. The van der Waals surface area contributed by atoms with Crippen LogP contribution in [0.2, 0.25) is 5.02 Å². The SMILES string of the molecule is CC(C)(C)OC(=O)N1CC(CC(=O)O)(Nc2cccc(Cl)c2)C1. The largest absolute Gasteiger partial charge is 0.481 e. The number of hydrogen-bond acceptors (Lipinski definition) is 4. The Kier molecular flexibility index (Phi) is 4.75. The summed E-state index contributed by atoms with van der Waals surface area (Å²) in [7, 11) is 0. The number of rotatable bonds is 4.